The summed E-state index contributed by atoms with van der Waals surface area (Å²) in [5.41, 5.74) is 5.19. The molecule has 1 unspecified atom stereocenters. The summed E-state index contributed by atoms with van der Waals surface area (Å²) in [6, 6.07) is 4.14. The highest BCUT2D eigenvalue weighted by Gasteiger charge is 2.09. The summed E-state index contributed by atoms with van der Waals surface area (Å²) in [6.07, 6.45) is 0. The summed E-state index contributed by atoms with van der Waals surface area (Å²) in [4.78, 5) is 13.4. The Morgan fingerprint density at radius 2 is 2.38 bits per heavy atom. The maximum atomic E-state index is 11.0. The van der Waals surface area contributed by atoms with Crippen LogP contribution in [0.3, 0.4) is 0 Å². The molecular formula is C9H14N2OS. The fraction of sp³-hybridized carbons (Fsp3) is 0.444. The van der Waals surface area contributed by atoms with Crippen LogP contribution in [0.4, 0.5) is 0 Å². The first-order chi connectivity index (χ1) is 6.13. The van der Waals surface area contributed by atoms with Crippen molar-refractivity contribution in [1.29, 1.82) is 0 Å². The molecule has 0 saturated carbocycles. The van der Waals surface area contributed by atoms with Crippen LogP contribution in [0.15, 0.2) is 12.1 Å². The van der Waals surface area contributed by atoms with Gasteiger partial charge in [-0.3, -0.25) is 4.79 Å². The van der Waals surface area contributed by atoms with Crippen LogP contribution in [0.5, 0.6) is 0 Å². The van der Waals surface area contributed by atoms with Gasteiger partial charge in [-0.25, -0.2) is 0 Å². The highest BCUT2D eigenvalue weighted by molar-refractivity contribution is 7.12. The Balaban J connectivity index is 2.58. The predicted molar refractivity (Wildman–Crippen MR) is 54.7 cm³/mol. The molecule has 13 heavy (non-hydrogen) atoms. The molecule has 0 aliphatic heterocycles. The van der Waals surface area contributed by atoms with Crippen LogP contribution in [-0.4, -0.2) is 12.5 Å². The van der Waals surface area contributed by atoms with E-state index in [0.717, 1.165) is 0 Å². The topological polar surface area (TPSA) is 55.1 Å². The second-order valence-electron chi connectivity index (χ2n) is 2.94. The molecule has 0 radical (unpaired) electrons. The molecule has 0 fully saturated rings. The monoisotopic (exact) mass is 198 g/mol. The molecule has 0 aliphatic rings. The zero-order valence-corrected chi connectivity index (χ0v) is 8.65. The van der Waals surface area contributed by atoms with E-state index in [1.165, 1.54) is 9.75 Å². The minimum Gasteiger partial charge on any atom is -0.348 e. The molecule has 1 aromatic rings. The number of carbonyl (C=O) groups excluding carboxylic acids is 1. The standard InChI is InChI=1S/C9H14N2OS/c1-6-3-4-8(13-6)7(2)11-9(12)5-10/h3-4,7H,5,10H2,1-2H3,(H,11,12). The first-order valence-corrected chi connectivity index (χ1v) is 5.01. The highest BCUT2D eigenvalue weighted by Crippen LogP contribution is 2.21. The third-order valence-corrected chi connectivity index (χ3v) is 2.93. The van der Waals surface area contributed by atoms with Crippen molar-refractivity contribution in [2.75, 3.05) is 6.54 Å². The molecule has 3 N–H and O–H groups in total. The lowest BCUT2D eigenvalue weighted by atomic mass is 10.2. The summed E-state index contributed by atoms with van der Waals surface area (Å²) in [5, 5.41) is 2.81. The summed E-state index contributed by atoms with van der Waals surface area (Å²) >= 11 is 1.69. The summed E-state index contributed by atoms with van der Waals surface area (Å²) in [5.74, 6) is -0.112. The van der Waals surface area contributed by atoms with E-state index in [2.05, 4.69) is 5.32 Å². The molecule has 1 amide bonds. The molecule has 0 spiro atoms. The van der Waals surface area contributed by atoms with Gasteiger partial charge in [0, 0.05) is 9.75 Å². The second kappa shape index (κ2) is 4.39. The van der Waals surface area contributed by atoms with Crippen molar-refractivity contribution in [3.63, 3.8) is 0 Å². The van der Waals surface area contributed by atoms with Crippen LogP contribution < -0.4 is 11.1 Å². The summed E-state index contributed by atoms with van der Waals surface area (Å²) < 4.78 is 0. The number of hydrogen-bond acceptors (Lipinski definition) is 3. The van der Waals surface area contributed by atoms with Gasteiger partial charge in [0.2, 0.25) is 5.91 Å². The van der Waals surface area contributed by atoms with E-state index in [1.54, 1.807) is 11.3 Å². The fourth-order valence-electron chi connectivity index (χ4n) is 1.06. The van der Waals surface area contributed by atoms with Gasteiger partial charge in [0.15, 0.2) is 0 Å². The molecule has 4 heteroatoms. The maximum Gasteiger partial charge on any atom is 0.234 e. The van der Waals surface area contributed by atoms with Crippen molar-refractivity contribution in [3.05, 3.63) is 21.9 Å². The van der Waals surface area contributed by atoms with Crippen LogP contribution in [0.25, 0.3) is 0 Å². The lowest BCUT2D eigenvalue weighted by Gasteiger charge is -2.10. The van der Waals surface area contributed by atoms with Gasteiger partial charge in [0.25, 0.3) is 0 Å². The normalized spacial score (nSPS) is 12.5. The molecule has 72 valence electrons. The quantitative estimate of drug-likeness (QED) is 0.766. The Morgan fingerprint density at radius 1 is 1.69 bits per heavy atom. The molecular weight excluding hydrogens is 184 g/mol. The van der Waals surface area contributed by atoms with Crippen molar-refractivity contribution >= 4 is 17.2 Å². The molecule has 1 atom stereocenters. The van der Waals surface area contributed by atoms with Crippen LogP contribution >= 0.6 is 11.3 Å². The van der Waals surface area contributed by atoms with Crippen molar-refractivity contribution in [2.24, 2.45) is 5.73 Å². The van der Waals surface area contributed by atoms with Gasteiger partial charge >= 0.3 is 0 Å². The number of carbonyl (C=O) groups is 1. The SMILES string of the molecule is Cc1ccc(C(C)NC(=O)CN)s1. The third-order valence-electron chi connectivity index (χ3n) is 1.75. The predicted octanol–water partition coefficient (Wildman–Crippen LogP) is 1.19. The van der Waals surface area contributed by atoms with Gasteiger partial charge in [-0.2, -0.15) is 0 Å². The number of nitrogens with one attached hydrogen (secondary N) is 1. The number of amides is 1. The van der Waals surface area contributed by atoms with E-state index < -0.39 is 0 Å². The Bertz CT molecular complexity index is 296. The number of hydrogen-bond donors (Lipinski definition) is 2. The van der Waals surface area contributed by atoms with Gasteiger partial charge in [0.1, 0.15) is 0 Å². The van der Waals surface area contributed by atoms with Gasteiger partial charge in [-0.1, -0.05) is 0 Å². The van der Waals surface area contributed by atoms with Crippen molar-refractivity contribution in [1.82, 2.24) is 5.32 Å². The van der Waals surface area contributed by atoms with Crippen molar-refractivity contribution in [3.8, 4) is 0 Å². The van der Waals surface area contributed by atoms with Crippen molar-refractivity contribution in [2.45, 2.75) is 19.9 Å². The second-order valence-corrected chi connectivity index (χ2v) is 4.26. The average Bonchev–Trinajstić information content (AvgIpc) is 2.51. The average molecular weight is 198 g/mol. The number of rotatable bonds is 3. The highest BCUT2D eigenvalue weighted by atomic mass is 32.1. The van der Waals surface area contributed by atoms with E-state index in [0.29, 0.717) is 0 Å². The Hall–Kier alpha value is -0.870. The number of nitrogens with two attached hydrogens (primary N) is 1. The lowest BCUT2D eigenvalue weighted by Crippen LogP contribution is -2.31. The Labute approximate surface area is 81.9 Å². The molecule has 0 bridgehead atoms. The number of thiophene rings is 1. The first kappa shape index (κ1) is 10.2. The molecule has 0 saturated heterocycles. The van der Waals surface area contributed by atoms with Gasteiger partial charge in [-0.15, -0.1) is 11.3 Å². The number of aryl methyl sites for hydroxylation is 1. The summed E-state index contributed by atoms with van der Waals surface area (Å²) in [7, 11) is 0. The Morgan fingerprint density at radius 3 is 2.85 bits per heavy atom. The Kier molecular flexibility index (Phi) is 3.45. The molecule has 1 aromatic heterocycles. The van der Waals surface area contributed by atoms with Crippen LogP contribution in [0.2, 0.25) is 0 Å². The third kappa shape index (κ3) is 2.82. The van der Waals surface area contributed by atoms with E-state index in [4.69, 9.17) is 5.73 Å². The van der Waals surface area contributed by atoms with Gasteiger partial charge < -0.3 is 11.1 Å². The molecule has 0 aliphatic carbocycles. The smallest absolute Gasteiger partial charge is 0.234 e. The van der Waals surface area contributed by atoms with E-state index in [-0.39, 0.29) is 18.5 Å². The van der Waals surface area contributed by atoms with Gasteiger partial charge in [-0.05, 0) is 26.0 Å². The van der Waals surface area contributed by atoms with E-state index in [9.17, 15) is 4.79 Å². The maximum absolute atomic E-state index is 11.0. The minimum absolute atomic E-state index is 0.0503. The largest absolute Gasteiger partial charge is 0.348 e. The zero-order chi connectivity index (χ0) is 9.84. The van der Waals surface area contributed by atoms with Crippen LogP contribution in [-0.2, 0) is 4.79 Å². The first-order valence-electron chi connectivity index (χ1n) is 4.19. The van der Waals surface area contributed by atoms with E-state index in [1.807, 2.05) is 26.0 Å². The molecule has 1 rings (SSSR count). The summed E-state index contributed by atoms with van der Waals surface area (Å²) in [6.45, 7) is 4.05. The van der Waals surface area contributed by atoms with Gasteiger partial charge in [0.05, 0.1) is 12.6 Å². The van der Waals surface area contributed by atoms with Crippen molar-refractivity contribution < 1.29 is 4.79 Å². The zero-order valence-electron chi connectivity index (χ0n) is 7.83. The minimum atomic E-state index is -0.112. The van der Waals surface area contributed by atoms with Crippen LogP contribution in [0, 0.1) is 6.92 Å². The lowest BCUT2D eigenvalue weighted by molar-refractivity contribution is -0.120. The molecule has 1 heterocycles. The molecule has 0 aromatic carbocycles. The fourth-order valence-corrected chi connectivity index (χ4v) is 1.94. The van der Waals surface area contributed by atoms with E-state index >= 15 is 0 Å². The van der Waals surface area contributed by atoms with Crippen LogP contribution in [0.1, 0.15) is 22.7 Å². The molecule has 3 nitrogen and oxygen atoms in total.